The lowest BCUT2D eigenvalue weighted by Gasteiger charge is -2.43. The number of esters is 2. The standard InChI is InChI=1S/C16H27NO8/c1-4-6-11(20)24-14-10(8-18)23-16(22)13(17-9(3)19)15(14)25-12(21)7-5-2/h10,13-16,18,22H,4-8H2,1-3H3,(H,17,19)/t10?,13?,14-,15-,16-/m1/s1. The summed E-state index contributed by atoms with van der Waals surface area (Å²) in [5.41, 5.74) is 0. The molecule has 3 N–H and O–H groups in total. The molecule has 0 radical (unpaired) electrons. The van der Waals surface area contributed by atoms with E-state index in [-0.39, 0.29) is 12.8 Å². The SMILES string of the molecule is CCCC(=O)O[C@@H]1C(CO)O[C@@H](O)C(NC(C)=O)[C@H]1OC(=O)CCC. The van der Waals surface area contributed by atoms with Crippen LogP contribution in [0.2, 0.25) is 0 Å². The van der Waals surface area contributed by atoms with E-state index in [1.807, 2.05) is 0 Å². The van der Waals surface area contributed by atoms with E-state index in [1.54, 1.807) is 13.8 Å². The van der Waals surface area contributed by atoms with Crippen LogP contribution in [-0.2, 0) is 28.6 Å². The molecule has 25 heavy (non-hydrogen) atoms. The zero-order chi connectivity index (χ0) is 19.0. The number of nitrogens with one attached hydrogen (secondary N) is 1. The Labute approximate surface area is 146 Å². The zero-order valence-corrected chi connectivity index (χ0v) is 14.8. The molecule has 0 aromatic heterocycles. The maximum atomic E-state index is 11.9. The molecule has 1 aliphatic rings. The van der Waals surface area contributed by atoms with Crippen molar-refractivity contribution in [1.82, 2.24) is 5.32 Å². The predicted molar refractivity (Wildman–Crippen MR) is 85.1 cm³/mol. The molecule has 144 valence electrons. The van der Waals surface area contributed by atoms with Gasteiger partial charge in [-0.25, -0.2) is 0 Å². The van der Waals surface area contributed by atoms with Gasteiger partial charge >= 0.3 is 11.9 Å². The highest BCUT2D eigenvalue weighted by Gasteiger charge is 2.50. The summed E-state index contributed by atoms with van der Waals surface area (Å²) in [6.45, 7) is 4.26. The molecule has 9 heteroatoms. The third-order valence-corrected chi connectivity index (χ3v) is 3.66. The number of carbonyl (C=O) groups excluding carboxylic acids is 3. The smallest absolute Gasteiger partial charge is 0.306 e. The molecule has 0 aliphatic carbocycles. The maximum absolute atomic E-state index is 11.9. The van der Waals surface area contributed by atoms with Crippen LogP contribution in [0.1, 0.15) is 46.5 Å². The van der Waals surface area contributed by atoms with Crippen molar-refractivity contribution in [3.05, 3.63) is 0 Å². The highest BCUT2D eigenvalue weighted by molar-refractivity contribution is 5.74. The first-order valence-electron chi connectivity index (χ1n) is 8.44. The molecule has 9 nitrogen and oxygen atoms in total. The Morgan fingerprint density at radius 3 is 2.00 bits per heavy atom. The summed E-state index contributed by atoms with van der Waals surface area (Å²) in [6, 6.07) is -1.12. The second kappa shape index (κ2) is 10.3. The molecule has 2 unspecified atom stereocenters. The molecule has 1 rings (SSSR count). The van der Waals surface area contributed by atoms with Crippen molar-refractivity contribution in [1.29, 1.82) is 0 Å². The van der Waals surface area contributed by atoms with Crippen LogP contribution in [0, 0.1) is 0 Å². The molecular formula is C16H27NO8. The van der Waals surface area contributed by atoms with Gasteiger partial charge in [0.2, 0.25) is 5.91 Å². The van der Waals surface area contributed by atoms with Crippen molar-refractivity contribution in [2.75, 3.05) is 6.61 Å². The first-order valence-corrected chi connectivity index (χ1v) is 8.44. The topological polar surface area (TPSA) is 131 Å². The average molecular weight is 361 g/mol. The Balaban J connectivity index is 3.08. The van der Waals surface area contributed by atoms with E-state index in [9.17, 15) is 24.6 Å². The zero-order valence-electron chi connectivity index (χ0n) is 14.8. The Hall–Kier alpha value is -1.71. The van der Waals surface area contributed by atoms with Crippen LogP contribution in [0.3, 0.4) is 0 Å². The van der Waals surface area contributed by atoms with Gasteiger partial charge in [-0.05, 0) is 12.8 Å². The largest absolute Gasteiger partial charge is 0.456 e. The average Bonchev–Trinajstić information content (AvgIpc) is 2.53. The fourth-order valence-electron chi connectivity index (χ4n) is 2.57. The Morgan fingerprint density at radius 2 is 1.56 bits per heavy atom. The van der Waals surface area contributed by atoms with Crippen LogP contribution in [0.25, 0.3) is 0 Å². The summed E-state index contributed by atoms with van der Waals surface area (Å²) in [7, 11) is 0. The summed E-state index contributed by atoms with van der Waals surface area (Å²) in [6.07, 6.45) is -3.58. The van der Waals surface area contributed by atoms with Gasteiger partial charge in [-0.15, -0.1) is 0 Å². The van der Waals surface area contributed by atoms with E-state index in [4.69, 9.17) is 14.2 Å². The van der Waals surface area contributed by atoms with Crippen molar-refractivity contribution < 1.29 is 38.8 Å². The summed E-state index contributed by atoms with van der Waals surface area (Å²) in [5, 5.41) is 22.0. The molecule has 1 saturated heterocycles. The fourth-order valence-corrected chi connectivity index (χ4v) is 2.57. The van der Waals surface area contributed by atoms with Crippen LogP contribution < -0.4 is 5.32 Å². The first-order chi connectivity index (χ1) is 11.8. The second-order valence-electron chi connectivity index (χ2n) is 5.88. The van der Waals surface area contributed by atoms with E-state index in [1.165, 1.54) is 6.92 Å². The van der Waals surface area contributed by atoms with Gasteiger partial charge in [0.05, 0.1) is 6.61 Å². The van der Waals surface area contributed by atoms with Crippen LogP contribution >= 0.6 is 0 Å². The number of aliphatic hydroxyl groups excluding tert-OH is 2. The molecule has 1 fully saturated rings. The molecule has 1 amide bonds. The van der Waals surface area contributed by atoms with Crippen LogP contribution in [-0.4, -0.2) is 65.3 Å². The number of ether oxygens (including phenoxy) is 3. The molecule has 0 aromatic rings. The van der Waals surface area contributed by atoms with E-state index in [2.05, 4.69) is 5.32 Å². The predicted octanol–water partition coefficient (Wildman–Crippen LogP) is -0.376. The molecule has 0 saturated carbocycles. The lowest BCUT2D eigenvalue weighted by Crippen LogP contribution is -2.66. The lowest BCUT2D eigenvalue weighted by atomic mass is 9.96. The number of aliphatic hydroxyl groups is 2. The van der Waals surface area contributed by atoms with Gasteiger partial charge < -0.3 is 29.7 Å². The quantitative estimate of drug-likeness (QED) is 0.499. The van der Waals surface area contributed by atoms with Gasteiger partial charge in [0.15, 0.2) is 18.5 Å². The Morgan fingerprint density at radius 1 is 1.04 bits per heavy atom. The summed E-state index contributed by atoms with van der Waals surface area (Å²) < 4.78 is 15.9. The first kappa shape index (κ1) is 21.3. The molecule has 5 atom stereocenters. The summed E-state index contributed by atoms with van der Waals surface area (Å²) in [4.78, 5) is 35.3. The Bertz CT molecular complexity index is 469. The fraction of sp³-hybridized carbons (Fsp3) is 0.812. The van der Waals surface area contributed by atoms with Crippen molar-refractivity contribution in [2.45, 2.75) is 77.1 Å². The van der Waals surface area contributed by atoms with Crippen molar-refractivity contribution in [3.63, 3.8) is 0 Å². The van der Waals surface area contributed by atoms with E-state index in [0.29, 0.717) is 12.8 Å². The molecule has 0 spiro atoms. The number of hydrogen-bond acceptors (Lipinski definition) is 8. The number of rotatable bonds is 8. The number of carbonyl (C=O) groups is 3. The van der Waals surface area contributed by atoms with Crippen LogP contribution in [0.4, 0.5) is 0 Å². The molecule has 1 heterocycles. The van der Waals surface area contributed by atoms with Gasteiger partial charge in [-0.1, -0.05) is 13.8 Å². The van der Waals surface area contributed by atoms with Crippen LogP contribution in [0.15, 0.2) is 0 Å². The van der Waals surface area contributed by atoms with Gasteiger partial charge in [-0.2, -0.15) is 0 Å². The summed E-state index contributed by atoms with van der Waals surface area (Å²) in [5.74, 6) is -1.60. The van der Waals surface area contributed by atoms with Crippen molar-refractivity contribution in [3.8, 4) is 0 Å². The molecule has 0 aromatic carbocycles. The van der Waals surface area contributed by atoms with Crippen molar-refractivity contribution >= 4 is 17.8 Å². The summed E-state index contributed by atoms with van der Waals surface area (Å²) >= 11 is 0. The van der Waals surface area contributed by atoms with Crippen LogP contribution in [0.5, 0.6) is 0 Å². The van der Waals surface area contributed by atoms with Gasteiger partial charge in [0, 0.05) is 19.8 Å². The third kappa shape index (κ3) is 6.26. The monoisotopic (exact) mass is 361 g/mol. The molecule has 1 aliphatic heterocycles. The second-order valence-corrected chi connectivity index (χ2v) is 5.88. The highest BCUT2D eigenvalue weighted by atomic mass is 16.7. The van der Waals surface area contributed by atoms with Gasteiger partial charge in [-0.3, -0.25) is 14.4 Å². The normalized spacial score (nSPS) is 28.9. The molecular weight excluding hydrogens is 334 g/mol. The lowest BCUT2D eigenvalue weighted by molar-refractivity contribution is -0.264. The maximum Gasteiger partial charge on any atom is 0.306 e. The van der Waals surface area contributed by atoms with E-state index in [0.717, 1.165) is 0 Å². The van der Waals surface area contributed by atoms with Gasteiger partial charge in [0.1, 0.15) is 12.1 Å². The third-order valence-electron chi connectivity index (χ3n) is 3.66. The minimum Gasteiger partial charge on any atom is -0.456 e. The minimum absolute atomic E-state index is 0.125. The van der Waals surface area contributed by atoms with E-state index < -0.39 is 55.1 Å². The number of amides is 1. The molecule has 0 bridgehead atoms. The number of hydrogen-bond donors (Lipinski definition) is 3. The van der Waals surface area contributed by atoms with E-state index >= 15 is 0 Å². The highest BCUT2D eigenvalue weighted by Crippen LogP contribution is 2.26. The van der Waals surface area contributed by atoms with Crippen molar-refractivity contribution in [2.24, 2.45) is 0 Å². The van der Waals surface area contributed by atoms with Gasteiger partial charge in [0.25, 0.3) is 0 Å². The minimum atomic E-state index is -1.53. The Kier molecular flexibility index (Phi) is 8.81.